The molecule has 178 valence electrons. The minimum absolute atomic E-state index is 0.0517. The second-order valence-electron chi connectivity index (χ2n) is 7.56. The molecule has 0 aromatic heterocycles. The summed E-state index contributed by atoms with van der Waals surface area (Å²) in [5.74, 6) is -0.940. The third-order valence-electron chi connectivity index (χ3n) is 5.13. The van der Waals surface area contributed by atoms with Crippen LogP contribution in [0.25, 0.3) is 0 Å². The van der Waals surface area contributed by atoms with Gasteiger partial charge in [0.05, 0.1) is 19.8 Å². The van der Waals surface area contributed by atoms with Crippen molar-refractivity contribution in [3.8, 4) is 11.5 Å². The van der Waals surface area contributed by atoms with Gasteiger partial charge in [-0.3, -0.25) is 0 Å². The van der Waals surface area contributed by atoms with E-state index in [1.54, 1.807) is 38.1 Å². The summed E-state index contributed by atoms with van der Waals surface area (Å²) in [6.07, 6.45) is 0.643. The van der Waals surface area contributed by atoms with Crippen molar-refractivity contribution < 1.29 is 28.5 Å². The van der Waals surface area contributed by atoms with Crippen LogP contribution in [0.2, 0.25) is 0 Å². The first-order valence-electron chi connectivity index (χ1n) is 11.4. The smallest absolute Gasteiger partial charge is 0.362 e. The lowest BCUT2D eigenvalue weighted by Crippen LogP contribution is -2.55. The zero-order chi connectivity index (χ0) is 24.2. The minimum Gasteiger partial charge on any atom is -0.489 e. The number of hydrogen-bond donors (Lipinski definition) is 0. The first-order chi connectivity index (χ1) is 16.6. The summed E-state index contributed by atoms with van der Waals surface area (Å²) >= 11 is 0. The number of hydrogen-bond acceptors (Lipinski definition) is 6. The van der Waals surface area contributed by atoms with Crippen LogP contribution in [-0.2, 0) is 31.9 Å². The molecular weight excluding hydrogens is 432 g/mol. The zero-order valence-electron chi connectivity index (χ0n) is 19.6. The molecule has 0 aliphatic heterocycles. The third kappa shape index (κ3) is 6.38. The molecule has 0 N–H and O–H groups in total. The van der Waals surface area contributed by atoms with Crippen molar-refractivity contribution in [2.24, 2.45) is 0 Å². The highest BCUT2D eigenvalue weighted by atomic mass is 16.6. The molecular formula is C28H30O6. The van der Waals surface area contributed by atoms with Crippen LogP contribution in [0.4, 0.5) is 0 Å². The van der Waals surface area contributed by atoms with Crippen molar-refractivity contribution in [3.63, 3.8) is 0 Å². The van der Waals surface area contributed by atoms with E-state index in [1.807, 2.05) is 60.7 Å². The van der Waals surface area contributed by atoms with Gasteiger partial charge in [0.1, 0.15) is 0 Å². The Labute approximate surface area is 200 Å². The number of benzene rings is 3. The molecule has 3 aromatic carbocycles. The Morgan fingerprint density at radius 1 is 0.676 bits per heavy atom. The summed E-state index contributed by atoms with van der Waals surface area (Å²) < 4.78 is 22.8. The zero-order valence-corrected chi connectivity index (χ0v) is 19.6. The first-order valence-corrected chi connectivity index (χ1v) is 11.4. The van der Waals surface area contributed by atoms with E-state index in [9.17, 15) is 9.59 Å². The molecule has 3 rings (SSSR count). The summed E-state index contributed by atoms with van der Waals surface area (Å²) in [6, 6.07) is 26.1. The molecule has 0 atom stereocenters. The quantitative estimate of drug-likeness (QED) is 0.285. The van der Waals surface area contributed by atoms with Gasteiger partial charge in [-0.1, -0.05) is 72.8 Å². The molecule has 0 fully saturated rings. The fraction of sp³-hybridized carbons (Fsp3) is 0.286. The number of carbonyl (C=O) groups excluding carboxylic acids is 2. The molecule has 0 saturated carbocycles. The molecule has 0 radical (unpaired) electrons. The standard InChI is InChI=1S/C28H30O6/c1-3-31-26(29)28(27(30)32-4-2,21-23-15-9-6-10-16-23)34-25-18-12-11-17-24(25)33-20-19-22-13-7-5-8-14-22/h5-18H,3-4,19-21H2,1-2H3. The number of para-hydroxylation sites is 2. The van der Waals surface area contributed by atoms with E-state index in [4.69, 9.17) is 18.9 Å². The second kappa shape index (κ2) is 12.4. The van der Waals surface area contributed by atoms with E-state index in [1.165, 1.54) is 0 Å². The monoisotopic (exact) mass is 462 g/mol. The van der Waals surface area contributed by atoms with Crippen molar-refractivity contribution in [1.29, 1.82) is 0 Å². The maximum atomic E-state index is 13.2. The number of esters is 2. The van der Waals surface area contributed by atoms with Crippen molar-refractivity contribution in [2.45, 2.75) is 32.3 Å². The largest absolute Gasteiger partial charge is 0.489 e. The predicted molar refractivity (Wildman–Crippen MR) is 129 cm³/mol. The van der Waals surface area contributed by atoms with Gasteiger partial charge in [-0.2, -0.15) is 0 Å². The molecule has 6 nitrogen and oxygen atoms in total. The molecule has 0 spiro atoms. The Kier molecular flexibility index (Phi) is 9.09. The number of ether oxygens (including phenoxy) is 4. The average molecular weight is 463 g/mol. The second-order valence-corrected chi connectivity index (χ2v) is 7.56. The highest BCUT2D eigenvalue weighted by molar-refractivity contribution is 6.04. The maximum absolute atomic E-state index is 13.2. The molecule has 0 amide bonds. The van der Waals surface area contributed by atoms with Crippen molar-refractivity contribution in [2.75, 3.05) is 19.8 Å². The molecule has 34 heavy (non-hydrogen) atoms. The van der Waals surface area contributed by atoms with E-state index in [-0.39, 0.29) is 25.4 Å². The number of rotatable bonds is 12. The van der Waals surface area contributed by atoms with E-state index in [0.29, 0.717) is 18.8 Å². The van der Waals surface area contributed by atoms with Gasteiger partial charge in [0.15, 0.2) is 11.5 Å². The summed E-state index contributed by atoms with van der Waals surface area (Å²) in [6.45, 7) is 3.93. The van der Waals surface area contributed by atoms with Crippen molar-refractivity contribution in [1.82, 2.24) is 0 Å². The lowest BCUT2D eigenvalue weighted by atomic mass is 9.93. The van der Waals surface area contributed by atoms with Crippen molar-refractivity contribution in [3.05, 3.63) is 96.1 Å². The SMILES string of the molecule is CCOC(=O)C(Cc1ccccc1)(Oc1ccccc1OCCc1ccccc1)C(=O)OCC. The minimum atomic E-state index is -2.02. The molecule has 0 saturated heterocycles. The predicted octanol–water partition coefficient (Wildman–Crippen LogP) is 4.79. The van der Waals surface area contributed by atoms with E-state index >= 15 is 0 Å². The van der Waals surface area contributed by atoms with Crippen LogP contribution in [0.15, 0.2) is 84.9 Å². The van der Waals surface area contributed by atoms with Crippen LogP contribution in [0, 0.1) is 0 Å². The normalized spacial score (nSPS) is 10.9. The molecule has 3 aromatic rings. The van der Waals surface area contributed by atoms with Gasteiger partial charge in [-0.15, -0.1) is 0 Å². The van der Waals surface area contributed by atoms with Gasteiger partial charge in [-0.25, -0.2) is 9.59 Å². The fourth-order valence-electron chi connectivity index (χ4n) is 3.49. The Hall–Kier alpha value is -3.80. The van der Waals surface area contributed by atoms with Gasteiger partial charge in [0, 0.05) is 12.8 Å². The molecule has 0 aliphatic carbocycles. The highest BCUT2D eigenvalue weighted by Crippen LogP contribution is 2.33. The molecule has 0 bridgehead atoms. The van der Waals surface area contributed by atoms with Gasteiger partial charge in [0.2, 0.25) is 0 Å². The van der Waals surface area contributed by atoms with Gasteiger partial charge < -0.3 is 18.9 Å². The Morgan fingerprint density at radius 3 is 1.74 bits per heavy atom. The van der Waals surface area contributed by atoms with Gasteiger partial charge in [0.25, 0.3) is 0 Å². The van der Waals surface area contributed by atoms with E-state index in [0.717, 1.165) is 11.1 Å². The Morgan fingerprint density at radius 2 is 1.18 bits per heavy atom. The van der Waals surface area contributed by atoms with Crippen LogP contribution in [0.1, 0.15) is 25.0 Å². The van der Waals surface area contributed by atoms with E-state index < -0.39 is 17.5 Å². The Bertz CT molecular complexity index is 1030. The fourth-order valence-corrected chi connectivity index (χ4v) is 3.49. The maximum Gasteiger partial charge on any atom is 0.362 e. The highest BCUT2D eigenvalue weighted by Gasteiger charge is 2.52. The summed E-state index contributed by atoms with van der Waals surface area (Å²) in [4.78, 5) is 26.4. The lowest BCUT2D eigenvalue weighted by molar-refractivity contribution is -0.179. The van der Waals surface area contributed by atoms with E-state index in [2.05, 4.69) is 0 Å². The van der Waals surface area contributed by atoms with Gasteiger partial charge >= 0.3 is 17.5 Å². The molecule has 0 unspecified atom stereocenters. The molecule has 0 heterocycles. The third-order valence-corrected chi connectivity index (χ3v) is 5.13. The van der Waals surface area contributed by atoms with Crippen molar-refractivity contribution >= 4 is 11.9 Å². The molecule has 6 heteroatoms. The van der Waals surface area contributed by atoms with Crippen LogP contribution in [0.3, 0.4) is 0 Å². The lowest BCUT2D eigenvalue weighted by Gasteiger charge is -2.30. The van der Waals surface area contributed by atoms with Crippen LogP contribution in [0.5, 0.6) is 11.5 Å². The topological polar surface area (TPSA) is 71.1 Å². The summed E-state index contributed by atoms with van der Waals surface area (Å²) in [5, 5.41) is 0. The summed E-state index contributed by atoms with van der Waals surface area (Å²) in [7, 11) is 0. The van der Waals surface area contributed by atoms with Crippen LogP contribution >= 0.6 is 0 Å². The van der Waals surface area contributed by atoms with Crippen LogP contribution in [-0.4, -0.2) is 37.4 Å². The number of carbonyl (C=O) groups is 2. The first kappa shape index (κ1) is 24.8. The van der Waals surface area contributed by atoms with Gasteiger partial charge in [-0.05, 0) is 37.1 Å². The average Bonchev–Trinajstić information content (AvgIpc) is 2.86. The molecule has 0 aliphatic rings. The Balaban J connectivity index is 1.92. The summed E-state index contributed by atoms with van der Waals surface area (Å²) in [5.41, 5.74) is -0.157. The van der Waals surface area contributed by atoms with Crippen LogP contribution < -0.4 is 9.47 Å².